The van der Waals surface area contributed by atoms with Gasteiger partial charge < -0.3 is 25.6 Å². The van der Waals surface area contributed by atoms with Crippen molar-refractivity contribution in [3.63, 3.8) is 0 Å². The first-order valence-corrected chi connectivity index (χ1v) is 8.50. The van der Waals surface area contributed by atoms with Gasteiger partial charge in [-0.2, -0.15) is 0 Å². The van der Waals surface area contributed by atoms with E-state index in [1.807, 2.05) is 6.07 Å². The molecule has 1 aliphatic heterocycles. The van der Waals surface area contributed by atoms with E-state index < -0.39 is 24.1 Å². The Morgan fingerprint density at radius 3 is 2.96 bits per heavy atom. The summed E-state index contributed by atoms with van der Waals surface area (Å²) in [4.78, 5) is 17.2. The standard InChI is InChI=1S/C18H21FN4O4/c19-15-7-12(23-10-14(8-20)27-18(23)25)4-5-16(15)26-11-13(24)9-22-17-3-1-2-6-21-17/h1-7,13-14,24H,8-11,20H2,(H,21,22)/t13?,14-/m1/s1. The van der Waals surface area contributed by atoms with Gasteiger partial charge in [-0.15, -0.1) is 0 Å². The zero-order chi connectivity index (χ0) is 19.2. The smallest absolute Gasteiger partial charge is 0.414 e. The van der Waals surface area contributed by atoms with Crippen LogP contribution in [0.3, 0.4) is 0 Å². The maximum absolute atomic E-state index is 14.3. The molecule has 0 radical (unpaired) electrons. The highest BCUT2D eigenvalue weighted by molar-refractivity contribution is 5.89. The molecule has 27 heavy (non-hydrogen) atoms. The molecular weight excluding hydrogens is 355 g/mol. The van der Waals surface area contributed by atoms with E-state index in [0.29, 0.717) is 11.5 Å². The number of pyridine rings is 1. The van der Waals surface area contributed by atoms with E-state index in [1.54, 1.807) is 24.4 Å². The second-order valence-corrected chi connectivity index (χ2v) is 6.03. The number of carbonyl (C=O) groups excluding carboxylic acids is 1. The summed E-state index contributed by atoms with van der Waals surface area (Å²) in [5.41, 5.74) is 5.85. The molecule has 2 heterocycles. The number of hydrogen-bond acceptors (Lipinski definition) is 7. The van der Waals surface area contributed by atoms with Crippen LogP contribution in [0.15, 0.2) is 42.6 Å². The van der Waals surface area contributed by atoms with Gasteiger partial charge in [0.1, 0.15) is 24.6 Å². The summed E-state index contributed by atoms with van der Waals surface area (Å²) >= 11 is 0. The predicted molar refractivity (Wildman–Crippen MR) is 97.3 cm³/mol. The van der Waals surface area contributed by atoms with Crippen molar-refractivity contribution >= 4 is 17.6 Å². The van der Waals surface area contributed by atoms with Gasteiger partial charge in [0.25, 0.3) is 0 Å². The van der Waals surface area contributed by atoms with Gasteiger partial charge in [-0.1, -0.05) is 6.07 Å². The van der Waals surface area contributed by atoms with Gasteiger partial charge in [-0.05, 0) is 24.3 Å². The summed E-state index contributed by atoms with van der Waals surface area (Å²) < 4.78 is 24.7. The Morgan fingerprint density at radius 2 is 2.30 bits per heavy atom. The fourth-order valence-corrected chi connectivity index (χ4v) is 2.56. The number of aliphatic hydroxyl groups excluding tert-OH is 1. The Labute approximate surface area is 155 Å². The average molecular weight is 376 g/mol. The molecule has 1 aliphatic rings. The number of aliphatic hydroxyl groups is 1. The fourth-order valence-electron chi connectivity index (χ4n) is 2.56. The third-order valence-electron chi connectivity index (χ3n) is 3.98. The molecule has 0 bridgehead atoms. The monoisotopic (exact) mass is 376 g/mol. The lowest BCUT2D eigenvalue weighted by molar-refractivity contribution is 0.115. The van der Waals surface area contributed by atoms with E-state index in [9.17, 15) is 14.3 Å². The summed E-state index contributed by atoms with van der Waals surface area (Å²) in [6.07, 6.45) is -0.189. The number of ether oxygens (including phenoxy) is 2. The number of benzene rings is 1. The lowest BCUT2D eigenvalue weighted by atomic mass is 10.2. The van der Waals surface area contributed by atoms with Gasteiger partial charge in [0.2, 0.25) is 0 Å². The first-order valence-electron chi connectivity index (χ1n) is 8.50. The zero-order valence-corrected chi connectivity index (χ0v) is 14.5. The molecule has 2 aromatic rings. The van der Waals surface area contributed by atoms with E-state index in [2.05, 4.69) is 10.3 Å². The SMILES string of the molecule is NC[C@@H]1CN(c2ccc(OCC(O)CNc3ccccn3)c(F)c2)C(=O)O1. The molecule has 1 aromatic carbocycles. The number of amides is 1. The van der Waals surface area contributed by atoms with Crippen molar-refractivity contribution in [2.24, 2.45) is 5.73 Å². The van der Waals surface area contributed by atoms with E-state index in [4.69, 9.17) is 15.2 Å². The van der Waals surface area contributed by atoms with Crippen LogP contribution in [-0.2, 0) is 4.74 Å². The second-order valence-electron chi connectivity index (χ2n) is 6.03. The molecule has 1 unspecified atom stereocenters. The van der Waals surface area contributed by atoms with E-state index in [-0.39, 0.29) is 32.0 Å². The highest BCUT2D eigenvalue weighted by Crippen LogP contribution is 2.27. The first-order chi connectivity index (χ1) is 13.1. The largest absolute Gasteiger partial charge is 0.488 e. The second kappa shape index (κ2) is 8.65. The van der Waals surface area contributed by atoms with Gasteiger partial charge in [0.15, 0.2) is 11.6 Å². The van der Waals surface area contributed by atoms with Crippen LogP contribution < -0.4 is 20.7 Å². The number of nitrogens with zero attached hydrogens (tertiary/aromatic N) is 2. The molecule has 0 aliphatic carbocycles. The highest BCUT2D eigenvalue weighted by atomic mass is 19.1. The number of aromatic nitrogens is 1. The van der Waals surface area contributed by atoms with Crippen LogP contribution in [0, 0.1) is 5.82 Å². The molecule has 1 aromatic heterocycles. The van der Waals surface area contributed by atoms with Crippen molar-refractivity contribution in [2.45, 2.75) is 12.2 Å². The van der Waals surface area contributed by atoms with Gasteiger partial charge in [-0.3, -0.25) is 4.90 Å². The third-order valence-corrected chi connectivity index (χ3v) is 3.98. The van der Waals surface area contributed by atoms with E-state index >= 15 is 0 Å². The third kappa shape index (κ3) is 4.83. The molecule has 1 amide bonds. The number of halogens is 1. The Bertz CT molecular complexity index is 777. The summed E-state index contributed by atoms with van der Waals surface area (Å²) in [5.74, 6) is -0.0275. The predicted octanol–water partition coefficient (Wildman–Crippen LogP) is 1.36. The average Bonchev–Trinajstić information content (AvgIpc) is 3.07. The van der Waals surface area contributed by atoms with Crippen LogP contribution >= 0.6 is 0 Å². The molecular formula is C18H21FN4O4. The van der Waals surface area contributed by atoms with Crippen molar-refractivity contribution in [3.05, 3.63) is 48.4 Å². The van der Waals surface area contributed by atoms with Crippen molar-refractivity contribution in [3.8, 4) is 5.75 Å². The Hall–Kier alpha value is -2.91. The summed E-state index contributed by atoms with van der Waals surface area (Å²) in [6.45, 7) is 0.580. The minimum absolute atomic E-state index is 0.0152. The number of nitrogens with two attached hydrogens (primary N) is 1. The fraction of sp³-hybridized carbons (Fsp3) is 0.333. The normalized spacial score (nSPS) is 17.5. The number of rotatable bonds is 8. The number of nitrogens with one attached hydrogen (secondary N) is 1. The summed E-state index contributed by atoms with van der Waals surface area (Å²) in [7, 11) is 0. The topological polar surface area (TPSA) is 110 Å². The Morgan fingerprint density at radius 1 is 1.44 bits per heavy atom. The number of anilines is 2. The summed E-state index contributed by atoms with van der Waals surface area (Å²) in [6, 6.07) is 9.53. The molecule has 1 saturated heterocycles. The molecule has 0 saturated carbocycles. The molecule has 3 rings (SSSR count). The molecule has 2 atom stereocenters. The molecule has 4 N–H and O–H groups in total. The number of carbonyl (C=O) groups is 1. The molecule has 144 valence electrons. The van der Waals surface area contributed by atoms with Crippen LogP contribution in [-0.4, -0.2) is 54.6 Å². The number of cyclic esters (lactones) is 1. The Balaban J connectivity index is 1.53. The lowest BCUT2D eigenvalue weighted by Gasteiger charge is -2.16. The van der Waals surface area contributed by atoms with Crippen LogP contribution in [0.25, 0.3) is 0 Å². The minimum Gasteiger partial charge on any atom is -0.488 e. The Kier molecular flexibility index (Phi) is 6.05. The van der Waals surface area contributed by atoms with Gasteiger partial charge >= 0.3 is 6.09 Å². The van der Waals surface area contributed by atoms with Crippen molar-refractivity contribution in [2.75, 3.05) is 36.5 Å². The van der Waals surface area contributed by atoms with Crippen LogP contribution in [0.5, 0.6) is 5.75 Å². The minimum atomic E-state index is -0.857. The molecule has 8 nitrogen and oxygen atoms in total. The van der Waals surface area contributed by atoms with Crippen LogP contribution in [0.2, 0.25) is 0 Å². The maximum atomic E-state index is 14.3. The lowest BCUT2D eigenvalue weighted by Crippen LogP contribution is -2.28. The van der Waals surface area contributed by atoms with E-state index in [0.717, 1.165) is 0 Å². The van der Waals surface area contributed by atoms with Gasteiger partial charge in [-0.25, -0.2) is 14.2 Å². The van der Waals surface area contributed by atoms with Crippen molar-refractivity contribution in [1.82, 2.24) is 4.98 Å². The van der Waals surface area contributed by atoms with Gasteiger partial charge in [0, 0.05) is 25.4 Å². The number of hydrogen-bond donors (Lipinski definition) is 3. The van der Waals surface area contributed by atoms with Crippen molar-refractivity contribution < 1.29 is 23.8 Å². The van der Waals surface area contributed by atoms with Crippen LogP contribution in [0.4, 0.5) is 20.7 Å². The highest BCUT2D eigenvalue weighted by Gasteiger charge is 2.31. The van der Waals surface area contributed by atoms with Crippen LogP contribution in [0.1, 0.15) is 0 Å². The summed E-state index contributed by atoms with van der Waals surface area (Å²) in [5, 5.41) is 12.9. The maximum Gasteiger partial charge on any atom is 0.414 e. The molecule has 9 heteroatoms. The van der Waals surface area contributed by atoms with Crippen molar-refractivity contribution in [1.29, 1.82) is 0 Å². The quantitative estimate of drug-likeness (QED) is 0.638. The first kappa shape index (κ1) is 18.9. The van der Waals surface area contributed by atoms with E-state index in [1.165, 1.54) is 17.0 Å². The zero-order valence-electron chi connectivity index (χ0n) is 14.5. The molecule has 1 fully saturated rings. The molecule has 0 spiro atoms. The van der Waals surface area contributed by atoms with Gasteiger partial charge in [0.05, 0.1) is 12.2 Å².